The van der Waals surface area contributed by atoms with Gasteiger partial charge in [-0.1, -0.05) is 271 Å². The molecule has 75 heavy (non-hydrogen) atoms. The van der Waals surface area contributed by atoms with Crippen LogP contribution < -0.4 is 0 Å². The standard InChI is InChI=1S/C69H116O6/c1-4-7-10-13-16-19-22-25-28-29-30-31-32-33-34-35-36-37-38-39-42-44-47-50-53-56-59-62-68(71)74-65-66(75-69(72)63-60-57-54-51-48-45-41-27-24-21-18-15-12-9-6-3)64-73-67(70)61-58-55-52-49-46-43-40-26-23-20-17-14-11-8-5-2/h9,12,17-18,20-22,25-27,29-30,40-41,48,51,57,60,66H,4-8,10-11,13-16,19,23-24,28,31-39,42-47,49-50,52-56,58-59,61-65H2,1-3H3/b12-9-,20-17-,21-18-,25-22-,30-29-,40-26-,41-27-,51-48-,60-57-. The van der Waals surface area contributed by atoms with Crippen LogP contribution in [0.4, 0.5) is 0 Å². The molecule has 0 rings (SSSR count). The molecule has 1 atom stereocenters. The highest BCUT2D eigenvalue weighted by atomic mass is 16.6. The summed E-state index contributed by atoms with van der Waals surface area (Å²) in [5, 5.41) is 0. The van der Waals surface area contributed by atoms with Gasteiger partial charge >= 0.3 is 17.9 Å². The Morgan fingerprint density at radius 1 is 0.293 bits per heavy atom. The third-order valence-corrected chi connectivity index (χ3v) is 13.3. The Bertz CT molecular complexity index is 1520. The molecule has 0 radical (unpaired) electrons. The summed E-state index contributed by atoms with van der Waals surface area (Å²) in [5.74, 6) is -1.06. The van der Waals surface area contributed by atoms with Crippen LogP contribution in [0.25, 0.3) is 0 Å². The minimum atomic E-state index is -0.840. The van der Waals surface area contributed by atoms with Gasteiger partial charge in [0, 0.05) is 12.8 Å². The van der Waals surface area contributed by atoms with Crippen LogP contribution in [0.5, 0.6) is 0 Å². The number of allylic oxidation sites excluding steroid dienone is 17. The summed E-state index contributed by atoms with van der Waals surface area (Å²) in [4.78, 5) is 38.2. The highest BCUT2D eigenvalue weighted by Gasteiger charge is 2.19. The van der Waals surface area contributed by atoms with E-state index in [0.29, 0.717) is 12.8 Å². The first-order chi connectivity index (χ1) is 37.0. The highest BCUT2D eigenvalue weighted by molar-refractivity contribution is 5.72. The molecule has 0 aliphatic rings. The van der Waals surface area contributed by atoms with Crippen LogP contribution in [0.1, 0.15) is 290 Å². The van der Waals surface area contributed by atoms with Crippen LogP contribution in [0.2, 0.25) is 0 Å². The summed E-state index contributed by atoms with van der Waals surface area (Å²) in [7, 11) is 0. The average molecular weight is 1040 g/mol. The van der Waals surface area contributed by atoms with Gasteiger partial charge < -0.3 is 14.2 Å². The SMILES string of the molecule is CC/C=C\C/C=C\C/C=C\C/C=C\C/C=C\CC(=O)OC(COC(=O)CCCCCCC/C=C\C/C=C\CCCCC)COC(=O)CCCCCCCCCCCCCCCCC/C=C\C/C=C\CCCCCCC. The zero-order chi connectivity index (χ0) is 54.3. The maximum Gasteiger partial charge on any atom is 0.310 e. The zero-order valence-electron chi connectivity index (χ0n) is 49.0. The van der Waals surface area contributed by atoms with E-state index in [1.807, 2.05) is 6.08 Å². The summed E-state index contributed by atoms with van der Waals surface area (Å²) < 4.78 is 16.8. The minimum Gasteiger partial charge on any atom is -0.462 e. The molecule has 0 N–H and O–H groups in total. The van der Waals surface area contributed by atoms with Crippen molar-refractivity contribution in [3.8, 4) is 0 Å². The molecule has 1 unspecified atom stereocenters. The van der Waals surface area contributed by atoms with E-state index in [9.17, 15) is 14.4 Å². The van der Waals surface area contributed by atoms with Crippen LogP contribution in [-0.4, -0.2) is 37.2 Å². The van der Waals surface area contributed by atoms with Gasteiger partial charge in [-0.05, 0) is 109 Å². The van der Waals surface area contributed by atoms with E-state index in [0.717, 1.165) is 103 Å². The monoisotopic (exact) mass is 1040 g/mol. The second-order valence-corrected chi connectivity index (χ2v) is 20.6. The molecule has 0 amide bonds. The van der Waals surface area contributed by atoms with Crippen molar-refractivity contribution in [1.82, 2.24) is 0 Å². The van der Waals surface area contributed by atoms with Crippen molar-refractivity contribution < 1.29 is 28.6 Å². The number of carbonyl (C=O) groups is 3. The second-order valence-electron chi connectivity index (χ2n) is 20.6. The lowest BCUT2D eigenvalue weighted by Gasteiger charge is -2.18. The summed E-state index contributed by atoms with van der Waals surface area (Å²) >= 11 is 0. The highest BCUT2D eigenvalue weighted by Crippen LogP contribution is 2.16. The van der Waals surface area contributed by atoms with Crippen molar-refractivity contribution in [2.24, 2.45) is 0 Å². The van der Waals surface area contributed by atoms with E-state index in [1.165, 1.54) is 148 Å². The second kappa shape index (κ2) is 62.6. The van der Waals surface area contributed by atoms with E-state index in [1.54, 1.807) is 6.08 Å². The lowest BCUT2D eigenvalue weighted by atomic mass is 10.0. The van der Waals surface area contributed by atoms with Gasteiger partial charge in [-0.3, -0.25) is 14.4 Å². The van der Waals surface area contributed by atoms with Crippen molar-refractivity contribution in [1.29, 1.82) is 0 Å². The molecule has 0 saturated heterocycles. The molecule has 0 heterocycles. The topological polar surface area (TPSA) is 78.9 Å². The Balaban J connectivity index is 4.35. The molecule has 6 heteroatoms. The van der Waals surface area contributed by atoms with E-state index in [4.69, 9.17) is 14.2 Å². The quantitative estimate of drug-likeness (QED) is 0.0261. The number of esters is 3. The molecular formula is C69H116O6. The van der Waals surface area contributed by atoms with Gasteiger partial charge in [0.05, 0.1) is 6.42 Å². The van der Waals surface area contributed by atoms with Crippen LogP contribution >= 0.6 is 0 Å². The fourth-order valence-corrected chi connectivity index (χ4v) is 8.58. The molecule has 0 aromatic rings. The van der Waals surface area contributed by atoms with Crippen molar-refractivity contribution >= 4 is 17.9 Å². The predicted octanol–water partition coefficient (Wildman–Crippen LogP) is 21.4. The molecule has 0 aliphatic heterocycles. The molecule has 0 saturated carbocycles. The average Bonchev–Trinajstić information content (AvgIpc) is 3.41. The lowest BCUT2D eigenvalue weighted by Crippen LogP contribution is -2.30. The number of ether oxygens (including phenoxy) is 3. The van der Waals surface area contributed by atoms with Crippen LogP contribution in [0, 0.1) is 0 Å². The Morgan fingerprint density at radius 3 is 0.907 bits per heavy atom. The number of unbranched alkanes of at least 4 members (excludes halogenated alkanes) is 28. The smallest absolute Gasteiger partial charge is 0.310 e. The molecule has 0 fully saturated rings. The Kier molecular flexibility index (Phi) is 59.3. The largest absolute Gasteiger partial charge is 0.462 e. The molecule has 0 bridgehead atoms. The first-order valence-corrected chi connectivity index (χ1v) is 31.4. The predicted molar refractivity (Wildman–Crippen MR) is 325 cm³/mol. The Hall–Kier alpha value is -3.93. The van der Waals surface area contributed by atoms with Gasteiger partial charge in [0.2, 0.25) is 0 Å². The minimum absolute atomic E-state index is 0.0920. The number of hydrogen-bond donors (Lipinski definition) is 0. The molecule has 0 aromatic carbocycles. The molecule has 6 nitrogen and oxygen atoms in total. The first-order valence-electron chi connectivity index (χ1n) is 31.4. The van der Waals surface area contributed by atoms with Crippen molar-refractivity contribution in [2.45, 2.75) is 297 Å². The zero-order valence-corrected chi connectivity index (χ0v) is 49.0. The Labute approximate surface area is 463 Å². The van der Waals surface area contributed by atoms with Gasteiger partial charge in [0.25, 0.3) is 0 Å². The van der Waals surface area contributed by atoms with Gasteiger partial charge in [-0.15, -0.1) is 0 Å². The number of rotatable bonds is 56. The van der Waals surface area contributed by atoms with Crippen LogP contribution in [0.15, 0.2) is 109 Å². The fraction of sp³-hybridized carbons (Fsp3) is 0.696. The fourth-order valence-electron chi connectivity index (χ4n) is 8.58. The molecule has 0 aromatic heterocycles. The molecule has 0 aliphatic carbocycles. The summed E-state index contributed by atoms with van der Waals surface area (Å²) in [6.45, 7) is 6.41. The van der Waals surface area contributed by atoms with Crippen molar-refractivity contribution in [3.63, 3.8) is 0 Å². The maximum atomic E-state index is 12.8. The molecule has 428 valence electrons. The van der Waals surface area contributed by atoms with Gasteiger partial charge in [-0.25, -0.2) is 0 Å². The molecular weight excluding hydrogens is 925 g/mol. The third kappa shape index (κ3) is 60.8. The first kappa shape index (κ1) is 71.1. The summed E-state index contributed by atoms with van der Waals surface area (Å²) in [6.07, 6.45) is 85.5. The van der Waals surface area contributed by atoms with E-state index in [-0.39, 0.29) is 31.6 Å². The third-order valence-electron chi connectivity index (χ3n) is 13.3. The van der Waals surface area contributed by atoms with Gasteiger partial charge in [0.15, 0.2) is 6.10 Å². The van der Waals surface area contributed by atoms with E-state index >= 15 is 0 Å². The van der Waals surface area contributed by atoms with Crippen molar-refractivity contribution in [2.75, 3.05) is 13.2 Å². The number of carbonyl (C=O) groups excluding carboxylic acids is 3. The van der Waals surface area contributed by atoms with Gasteiger partial charge in [-0.2, -0.15) is 0 Å². The molecule has 0 spiro atoms. The summed E-state index contributed by atoms with van der Waals surface area (Å²) in [6, 6.07) is 0. The Morgan fingerprint density at radius 2 is 0.560 bits per heavy atom. The van der Waals surface area contributed by atoms with Gasteiger partial charge in [0.1, 0.15) is 13.2 Å². The van der Waals surface area contributed by atoms with E-state index in [2.05, 4.69) is 118 Å². The van der Waals surface area contributed by atoms with Crippen LogP contribution in [-0.2, 0) is 28.6 Å². The maximum absolute atomic E-state index is 12.8. The summed E-state index contributed by atoms with van der Waals surface area (Å²) in [5.41, 5.74) is 0. The normalized spacial score (nSPS) is 12.8. The van der Waals surface area contributed by atoms with E-state index < -0.39 is 12.1 Å². The lowest BCUT2D eigenvalue weighted by molar-refractivity contribution is -0.166. The number of hydrogen-bond acceptors (Lipinski definition) is 6. The van der Waals surface area contributed by atoms with Crippen molar-refractivity contribution in [3.05, 3.63) is 109 Å². The van der Waals surface area contributed by atoms with Crippen LogP contribution in [0.3, 0.4) is 0 Å².